The summed E-state index contributed by atoms with van der Waals surface area (Å²) in [5.41, 5.74) is 2.22. The second-order valence-electron chi connectivity index (χ2n) is 3.90. The SMILES string of the molecule is CCSCCCNc1cccc(-n2cnnc2)c1. The summed E-state index contributed by atoms with van der Waals surface area (Å²) in [6, 6.07) is 8.27. The van der Waals surface area contributed by atoms with Crippen molar-refractivity contribution in [1.29, 1.82) is 0 Å². The quantitative estimate of drug-likeness (QED) is 0.779. The number of nitrogens with zero attached hydrogens (tertiary/aromatic N) is 3. The molecule has 18 heavy (non-hydrogen) atoms. The van der Waals surface area contributed by atoms with E-state index >= 15 is 0 Å². The topological polar surface area (TPSA) is 42.7 Å². The van der Waals surface area contributed by atoms with Crippen LogP contribution in [0.1, 0.15) is 13.3 Å². The smallest absolute Gasteiger partial charge is 0.123 e. The van der Waals surface area contributed by atoms with E-state index in [2.05, 4.69) is 34.6 Å². The van der Waals surface area contributed by atoms with Gasteiger partial charge >= 0.3 is 0 Å². The summed E-state index contributed by atoms with van der Waals surface area (Å²) in [6.07, 6.45) is 4.60. The highest BCUT2D eigenvalue weighted by atomic mass is 32.2. The Kier molecular flexibility index (Phi) is 5.08. The third kappa shape index (κ3) is 3.77. The van der Waals surface area contributed by atoms with E-state index in [1.807, 2.05) is 28.5 Å². The van der Waals surface area contributed by atoms with Crippen molar-refractivity contribution in [2.75, 3.05) is 23.4 Å². The maximum Gasteiger partial charge on any atom is 0.123 e. The molecule has 0 aliphatic carbocycles. The van der Waals surface area contributed by atoms with Crippen molar-refractivity contribution >= 4 is 17.4 Å². The second-order valence-corrected chi connectivity index (χ2v) is 5.29. The lowest BCUT2D eigenvalue weighted by molar-refractivity contribution is 0.989. The molecule has 0 aliphatic heterocycles. The highest BCUT2D eigenvalue weighted by molar-refractivity contribution is 7.99. The molecule has 0 fully saturated rings. The minimum absolute atomic E-state index is 1.01. The fourth-order valence-electron chi connectivity index (χ4n) is 1.66. The van der Waals surface area contributed by atoms with Crippen LogP contribution in [0, 0.1) is 0 Å². The number of hydrogen-bond donors (Lipinski definition) is 1. The number of nitrogens with one attached hydrogen (secondary N) is 1. The predicted octanol–water partition coefficient (Wildman–Crippen LogP) is 2.82. The molecular weight excluding hydrogens is 244 g/mol. The Labute approximate surface area is 112 Å². The van der Waals surface area contributed by atoms with Crippen LogP contribution in [-0.2, 0) is 0 Å². The van der Waals surface area contributed by atoms with Gasteiger partial charge in [0.25, 0.3) is 0 Å². The van der Waals surface area contributed by atoms with Crippen LogP contribution in [0.3, 0.4) is 0 Å². The van der Waals surface area contributed by atoms with Gasteiger partial charge in [-0.3, -0.25) is 4.57 Å². The Hall–Kier alpha value is -1.49. The number of benzene rings is 1. The molecule has 1 aromatic carbocycles. The number of aromatic nitrogens is 3. The fourth-order valence-corrected chi connectivity index (χ4v) is 2.30. The molecule has 0 amide bonds. The summed E-state index contributed by atoms with van der Waals surface area (Å²) in [6.45, 7) is 3.21. The highest BCUT2D eigenvalue weighted by Gasteiger charge is 1.98. The van der Waals surface area contributed by atoms with Crippen molar-refractivity contribution < 1.29 is 0 Å². The van der Waals surface area contributed by atoms with Crippen LogP contribution in [-0.4, -0.2) is 32.8 Å². The predicted molar refractivity (Wildman–Crippen MR) is 77.5 cm³/mol. The molecule has 1 heterocycles. The van der Waals surface area contributed by atoms with Gasteiger partial charge in [-0.2, -0.15) is 11.8 Å². The van der Waals surface area contributed by atoms with Gasteiger partial charge in [0.2, 0.25) is 0 Å². The minimum atomic E-state index is 1.01. The summed E-state index contributed by atoms with van der Waals surface area (Å²) >= 11 is 1.98. The Bertz CT molecular complexity index is 456. The van der Waals surface area contributed by atoms with E-state index in [-0.39, 0.29) is 0 Å². The first-order valence-electron chi connectivity index (χ1n) is 6.17. The summed E-state index contributed by atoms with van der Waals surface area (Å²) < 4.78 is 1.90. The molecule has 1 N–H and O–H groups in total. The van der Waals surface area contributed by atoms with Crippen LogP contribution in [0.25, 0.3) is 5.69 Å². The Balaban J connectivity index is 1.88. The summed E-state index contributed by atoms with van der Waals surface area (Å²) in [4.78, 5) is 0. The van der Waals surface area contributed by atoms with Crippen LogP contribution in [0.2, 0.25) is 0 Å². The van der Waals surface area contributed by atoms with E-state index in [1.165, 1.54) is 17.9 Å². The zero-order valence-corrected chi connectivity index (χ0v) is 11.4. The maximum absolute atomic E-state index is 3.81. The van der Waals surface area contributed by atoms with Gasteiger partial charge in [-0.1, -0.05) is 13.0 Å². The van der Waals surface area contributed by atoms with Gasteiger partial charge in [-0.15, -0.1) is 10.2 Å². The zero-order valence-electron chi connectivity index (χ0n) is 10.5. The third-order valence-corrected chi connectivity index (χ3v) is 3.55. The van der Waals surface area contributed by atoms with Crippen molar-refractivity contribution in [3.05, 3.63) is 36.9 Å². The van der Waals surface area contributed by atoms with Gasteiger partial charge in [0.15, 0.2) is 0 Å². The second kappa shape index (κ2) is 7.06. The molecule has 2 rings (SSSR count). The molecule has 4 nitrogen and oxygen atoms in total. The van der Waals surface area contributed by atoms with Crippen LogP contribution >= 0.6 is 11.8 Å². The number of rotatable bonds is 7. The van der Waals surface area contributed by atoms with E-state index in [0.717, 1.165) is 17.9 Å². The lowest BCUT2D eigenvalue weighted by Crippen LogP contribution is -2.03. The minimum Gasteiger partial charge on any atom is -0.385 e. The standard InChI is InChI=1S/C13H18N4S/c1-2-18-8-4-7-14-12-5-3-6-13(9-12)17-10-15-16-11-17/h3,5-6,9-11,14H,2,4,7-8H2,1H3. The molecule has 1 aromatic heterocycles. The van der Waals surface area contributed by atoms with Crippen molar-refractivity contribution in [3.63, 3.8) is 0 Å². The molecule has 0 saturated carbocycles. The van der Waals surface area contributed by atoms with Gasteiger partial charge in [0.05, 0.1) is 5.69 Å². The first kappa shape index (κ1) is 13.0. The van der Waals surface area contributed by atoms with Crippen molar-refractivity contribution in [2.24, 2.45) is 0 Å². The van der Waals surface area contributed by atoms with E-state index in [0.29, 0.717) is 0 Å². The average Bonchev–Trinajstić information content (AvgIpc) is 2.93. The summed E-state index contributed by atoms with van der Waals surface area (Å²) in [7, 11) is 0. The van der Waals surface area contributed by atoms with Crippen molar-refractivity contribution in [1.82, 2.24) is 14.8 Å². The van der Waals surface area contributed by atoms with Gasteiger partial charge in [0, 0.05) is 12.2 Å². The molecule has 0 aliphatic rings. The molecule has 5 heteroatoms. The number of thioether (sulfide) groups is 1. The van der Waals surface area contributed by atoms with Crippen LogP contribution < -0.4 is 5.32 Å². The van der Waals surface area contributed by atoms with E-state index in [9.17, 15) is 0 Å². The highest BCUT2D eigenvalue weighted by Crippen LogP contribution is 2.14. The van der Waals surface area contributed by atoms with Gasteiger partial charge in [0.1, 0.15) is 12.7 Å². The molecule has 0 radical (unpaired) electrons. The molecule has 0 atom stereocenters. The van der Waals surface area contributed by atoms with Crippen LogP contribution in [0.4, 0.5) is 5.69 Å². The van der Waals surface area contributed by atoms with Crippen LogP contribution in [0.15, 0.2) is 36.9 Å². The van der Waals surface area contributed by atoms with Gasteiger partial charge < -0.3 is 5.32 Å². The average molecular weight is 262 g/mol. The molecule has 0 saturated heterocycles. The third-order valence-electron chi connectivity index (χ3n) is 2.56. The molecule has 0 unspecified atom stereocenters. The van der Waals surface area contributed by atoms with Crippen LogP contribution in [0.5, 0.6) is 0 Å². The molecule has 0 bridgehead atoms. The van der Waals surface area contributed by atoms with E-state index in [4.69, 9.17) is 0 Å². The monoisotopic (exact) mass is 262 g/mol. The lowest BCUT2D eigenvalue weighted by atomic mass is 10.2. The van der Waals surface area contributed by atoms with Gasteiger partial charge in [-0.05, 0) is 36.1 Å². The Morgan fingerprint density at radius 1 is 1.28 bits per heavy atom. The van der Waals surface area contributed by atoms with Gasteiger partial charge in [-0.25, -0.2) is 0 Å². The van der Waals surface area contributed by atoms with E-state index < -0.39 is 0 Å². The van der Waals surface area contributed by atoms with Crippen molar-refractivity contribution in [3.8, 4) is 5.69 Å². The number of hydrogen-bond acceptors (Lipinski definition) is 4. The van der Waals surface area contributed by atoms with E-state index in [1.54, 1.807) is 12.7 Å². The first-order valence-corrected chi connectivity index (χ1v) is 7.32. The Morgan fingerprint density at radius 2 is 2.11 bits per heavy atom. The first-order chi connectivity index (χ1) is 8.90. The normalized spacial score (nSPS) is 10.5. The lowest BCUT2D eigenvalue weighted by Gasteiger charge is -2.08. The largest absolute Gasteiger partial charge is 0.385 e. The van der Waals surface area contributed by atoms with Crippen molar-refractivity contribution in [2.45, 2.75) is 13.3 Å². The fraction of sp³-hybridized carbons (Fsp3) is 0.385. The molecule has 2 aromatic rings. The number of anilines is 1. The Morgan fingerprint density at radius 3 is 2.89 bits per heavy atom. The summed E-state index contributed by atoms with van der Waals surface area (Å²) in [5.74, 6) is 2.41. The molecule has 0 spiro atoms. The molecular formula is C13H18N4S. The molecule has 96 valence electrons. The maximum atomic E-state index is 3.81. The summed E-state index contributed by atoms with van der Waals surface area (Å²) in [5, 5.41) is 11.1. The zero-order chi connectivity index (χ0) is 12.6.